The van der Waals surface area contributed by atoms with Crippen LogP contribution >= 0.6 is 15.9 Å². The molecule has 1 amide bonds. The number of carbonyl (C=O) groups is 1. The van der Waals surface area contributed by atoms with Gasteiger partial charge in [0.05, 0.1) is 11.7 Å². The Hall–Kier alpha value is -1.08. The van der Waals surface area contributed by atoms with Crippen LogP contribution in [0.4, 0.5) is 13.2 Å². The second kappa shape index (κ2) is 6.79. The van der Waals surface area contributed by atoms with E-state index < -0.39 is 17.6 Å². The molecule has 0 aromatic heterocycles. The van der Waals surface area contributed by atoms with Crippen LogP contribution in [-0.2, 0) is 10.9 Å². The summed E-state index contributed by atoms with van der Waals surface area (Å²) in [6.45, 7) is 0.979. The SMILES string of the molecule is O=C(NCC1CCCCO1)c1ccc(Br)c(C(F)(F)F)c1. The van der Waals surface area contributed by atoms with Gasteiger partial charge in [0, 0.05) is 23.2 Å². The molecule has 1 aromatic carbocycles. The number of hydrogen-bond donors (Lipinski definition) is 1. The molecule has 0 radical (unpaired) electrons. The number of amides is 1. The zero-order valence-corrected chi connectivity index (χ0v) is 12.8. The van der Waals surface area contributed by atoms with Gasteiger partial charge in [0.2, 0.25) is 0 Å². The Morgan fingerprint density at radius 3 is 2.76 bits per heavy atom. The fourth-order valence-corrected chi connectivity index (χ4v) is 2.63. The largest absolute Gasteiger partial charge is 0.417 e. The summed E-state index contributed by atoms with van der Waals surface area (Å²) in [6, 6.07) is 3.44. The van der Waals surface area contributed by atoms with Crippen molar-refractivity contribution in [3.05, 3.63) is 33.8 Å². The molecule has 1 heterocycles. The molecule has 116 valence electrons. The van der Waals surface area contributed by atoms with Gasteiger partial charge in [-0.05, 0) is 37.5 Å². The van der Waals surface area contributed by atoms with Gasteiger partial charge in [0.1, 0.15) is 0 Å². The average molecular weight is 366 g/mol. The summed E-state index contributed by atoms with van der Waals surface area (Å²) in [5.41, 5.74) is -0.870. The smallest absolute Gasteiger partial charge is 0.376 e. The first-order valence-corrected chi connectivity index (χ1v) is 7.44. The minimum absolute atomic E-state index is 0.0127. The maximum Gasteiger partial charge on any atom is 0.417 e. The molecule has 1 fully saturated rings. The first kappa shape index (κ1) is 16.3. The maximum absolute atomic E-state index is 12.8. The Balaban J connectivity index is 2.02. The first-order valence-electron chi connectivity index (χ1n) is 6.64. The van der Waals surface area contributed by atoms with E-state index in [1.807, 2.05) is 0 Å². The van der Waals surface area contributed by atoms with Gasteiger partial charge in [0.25, 0.3) is 5.91 Å². The van der Waals surface area contributed by atoms with Gasteiger partial charge in [-0.25, -0.2) is 0 Å². The van der Waals surface area contributed by atoms with Gasteiger partial charge in [-0.15, -0.1) is 0 Å². The standard InChI is InChI=1S/C14H15BrF3NO2/c15-12-5-4-9(7-11(12)14(16,17)18)13(20)19-8-10-3-1-2-6-21-10/h4-5,7,10H,1-3,6,8H2,(H,19,20). The third-order valence-electron chi connectivity index (χ3n) is 3.30. The Kier molecular flexibility index (Phi) is 5.27. The van der Waals surface area contributed by atoms with Crippen LogP contribution in [0, 0.1) is 0 Å². The Morgan fingerprint density at radius 2 is 2.14 bits per heavy atom. The van der Waals surface area contributed by atoms with Gasteiger partial charge in [-0.3, -0.25) is 4.79 Å². The molecule has 1 atom stereocenters. The minimum Gasteiger partial charge on any atom is -0.376 e. The van der Waals surface area contributed by atoms with Crippen molar-refractivity contribution in [3.63, 3.8) is 0 Å². The van der Waals surface area contributed by atoms with Crippen molar-refractivity contribution in [2.75, 3.05) is 13.2 Å². The van der Waals surface area contributed by atoms with Crippen LogP contribution in [0.15, 0.2) is 22.7 Å². The maximum atomic E-state index is 12.8. The second-order valence-corrected chi connectivity index (χ2v) is 5.75. The van der Waals surface area contributed by atoms with Crippen molar-refractivity contribution in [2.24, 2.45) is 0 Å². The van der Waals surface area contributed by atoms with E-state index >= 15 is 0 Å². The van der Waals surface area contributed by atoms with Crippen molar-refractivity contribution in [1.29, 1.82) is 0 Å². The van der Waals surface area contributed by atoms with Crippen LogP contribution in [0.1, 0.15) is 35.2 Å². The van der Waals surface area contributed by atoms with E-state index in [0.29, 0.717) is 13.2 Å². The van der Waals surface area contributed by atoms with Gasteiger partial charge < -0.3 is 10.1 Å². The normalized spacial score (nSPS) is 19.3. The third kappa shape index (κ3) is 4.44. The Bertz CT molecular complexity index is 513. The van der Waals surface area contributed by atoms with E-state index in [1.54, 1.807) is 0 Å². The lowest BCUT2D eigenvalue weighted by atomic mass is 10.1. The minimum atomic E-state index is -4.50. The van der Waals surface area contributed by atoms with Gasteiger partial charge in [0.15, 0.2) is 0 Å². The molecule has 0 bridgehead atoms. The molecule has 0 aliphatic carbocycles. The number of benzene rings is 1. The summed E-state index contributed by atoms with van der Waals surface area (Å²) in [5.74, 6) is -0.526. The molecule has 0 saturated carbocycles. The molecule has 1 aromatic rings. The average Bonchev–Trinajstić information content (AvgIpc) is 2.45. The zero-order chi connectivity index (χ0) is 15.5. The number of ether oxygens (including phenoxy) is 1. The Morgan fingerprint density at radius 1 is 1.38 bits per heavy atom. The summed E-state index contributed by atoms with van der Waals surface area (Å²) < 4.78 is 43.7. The number of carbonyl (C=O) groups excluding carboxylic acids is 1. The number of rotatable bonds is 3. The summed E-state index contributed by atoms with van der Waals surface area (Å²) in [7, 11) is 0. The molecule has 7 heteroatoms. The van der Waals surface area contributed by atoms with Crippen molar-refractivity contribution < 1.29 is 22.7 Å². The monoisotopic (exact) mass is 365 g/mol. The highest BCUT2D eigenvalue weighted by molar-refractivity contribution is 9.10. The lowest BCUT2D eigenvalue weighted by Crippen LogP contribution is -2.35. The fraction of sp³-hybridized carbons (Fsp3) is 0.500. The van der Waals surface area contributed by atoms with Gasteiger partial charge in [-0.1, -0.05) is 15.9 Å². The van der Waals surface area contributed by atoms with Gasteiger partial charge >= 0.3 is 6.18 Å². The predicted octanol–water partition coefficient (Wildman–Crippen LogP) is 3.77. The molecular weight excluding hydrogens is 351 g/mol. The van der Waals surface area contributed by atoms with E-state index in [-0.39, 0.29) is 16.1 Å². The predicted molar refractivity (Wildman–Crippen MR) is 75.1 cm³/mol. The van der Waals surface area contributed by atoms with E-state index in [1.165, 1.54) is 12.1 Å². The number of halogens is 4. The lowest BCUT2D eigenvalue weighted by molar-refractivity contribution is -0.138. The molecule has 1 unspecified atom stereocenters. The van der Waals surface area contributed by atoms with Crippen LogP contribution < -0.4 is 5.32 Å². The topological polar surface area (TPSA) is 38.3 Å². The first-order chi connectivity index (χ1) is 9.88. The summed E-state index contributed by atoms with van der Waals surface area (Å²) in [5, 5.41) is 2.62. The van der Waals surface area contributed by atoms with Crippen molar-refractivity contribution >= 4 is 21.8 Å². The molecule has 1 aliphatic rings. The lowest BCUT2D eigenvalue weighted by Gasteiger charge is -2.22. The molecule has 21 heavy (non-hydrogen) atoms. The zero-order valence-electron chi connectivity index (χ0n) is 11.2. The number of nitrogens with one attached hydrogen (secondary N) is 1. The molecular formula is C14H15BrF3NO2. The van der Waals surface area contributed by atoms with Gasteiger partial charge in [-0.2, -0.15) is 13.2 Å². The molecule has 1 saturated heterocycles. The Labute approximate surface area is 129 Å². The summed E-state index contributed by atoms with van der Waals surface area (Å²) in [6.07, 6.45) is -1.65. The summed E-state index contributed by atoms with van der Waals surface area (Å²) in [4.78, 5) is 11.9. The molecule has 1 N–H and O–H groups in total. The van der Waals surface area contributed by atoms with Crippen LogP contribution in [0.25, 0.3) is 0 Å². The van der Waals surface area contributed by atoms with Crippen LogP contribution in [0.5, 0.6) is 0 Å². The third-order valence-corrected chi connectivity index (χ3v) is 3.99. The van der Waals surface area contributed by atoms with E-state index in [0.717, 1.165) is 25.3 Å². The van der Waals surface area contributed by atoms with Crippen LogP contribution in [0.3, 0.4) is 0 Å². The second-order valence-electron chi connectivity index (χ2n) is 4.89. The molecule has 2 rings (SSSR count). The molecule has 1 aliphatic heterocycles. The highest BCUT2D eigenvalue weighted by Crippen LogP contribution is 2.35. The van der Waals surface area contributed by atoms with E-state index in [4.69, 9.17) is 4.74 Å². The van der Waals surface area contributed by atoms with E-state index in [9.17, 15) is 18.0 Å². The number of hydrogen-bond acceptors (Lipinski definition) is 2. The number of alkyl halides is 3. The van der Waals surface area contributed by atoms with Crippen LogP contribution in [-0.4, -0.2) is 25.2 Å². The van der Waals surface area contributed by atoms with Crippen molar-refractivity contribution in [1.82, 2.24) is 5.32 Å². The molecule has 0 spiro atoms. The molecule has 3 nitrogen and oxygen atoms in total. The van der Waals surface area contributed by atoms with E-state index in [2.05, 4.69) is 21.2 Å². The highest BCUT2D eigenvalue weighted by Gasteiger charge is 2.33. The van der Waals surface area contributed by atoms with Crippen molar-refractivity contribution in [2.45, 2.75) is 31.5 Å². The van der Waals surface area contributed by atoms with Crippen LogP contribution in [0.2, 0.25) is 0 Å². The quantitative estimate of drug-likeness (QED) is 0.885. The highest BCUT2D eigenvalue weighted by atomic mass is 79.9. The van der Waals surface area contributed by atoms with Crippen molar-refractivity contribution in [3.8, 4) is 0 Å². The summed E-state index contributed by atoms with van der Waals surface area (Å²) >= 11 is 2.85. The fourth-order valence-electron chi connectivity index (χ4n) is 2.16.